The zero-order chi connectivity index (χ0) is 24.7. The molecule has 0 aliphatic rings. The molecule has 0 aliphatic heterocycles. The summed E-state index contributed by atoms with van der Waals surface area (Å²) in [7, 11) is -4.03. The Balaban J connectivity index is 1.81. The SMILES string of the molecule is CCOc1ccc(/C=N\NC(=O)CN(c2ccc(C)c(C)c2)S(=O)(=O)c2ccc(Cl)cc2)cc1. The standard InChI is InChI=1S/C25H26ClN3O4S/c1-4-33-23-11-6-20(7-12-23)16-27-28-25(30)17-29(22-10-5-18(2)19(3)15-22)34(31,32)24-13-8-21(26)9-14-24/h5-16H,4,17H2,1-3H3,(H,28,30)/b27-16-. The Hall–Kier alpha value is -3.36. The van der Waals surface area contributed by atoms with Crippen molar-refractivity contribution in [3.63, 3.8) is 0 Å². The van der Waals surface area contributed by atoms with Crippen molar-refractivity contribution in [3.05, 3.63) is 88.4 Å². The normalized spacial score (nSPS) is 11.4. The van der Waals surface area contributed by atoms with Crippen LogP contribution in [0.2, 0.25) is 5.02 Å². The third-order valence-corrected chi connectivity index (χ3v) is 7.10. The van der Waals surface area contributed by atoms with Crippen LogP contribution in [0.4, 0.5) is 5.69 Å². The van der Waals surface area contributed by atoms with Crippen LogP contribution in [0, 0.1) is 13.8 Å². The van der Waals surface area contributed by atoms with Gasteiger partial charge in [-0.05, 0) is 98.1 Å². The molecule has 0 aliphatic carbocycles. The molecule has 0 radical (unpaired) electrons. The molecule has 0 unspecified atom stereocenters. The first kappa shape index (κ1) is 25.3. The largest absolute Gasteiger partial charge is 0.494 e. The van der Waals surface area contributed by atoms with Crippen LogP contribution in [-0.2, 0) is 14.8 Å². The zero-order valence-electron chi connectivity index (χ0n) is 19.2. The topological polar surface area (TPSA) is 88.1 Å². The highest BCUT2D eigenvalue weighted by Gasteiger charge is 2.27. The first-order valence-corrected chi connectivity index (χ1v) is 12.4. The number of amides is 1. The molecular formula is C25H26ClN3O4S. The number of aryl methyl sites for hydroxylation is 2. The summed E-state index contributed by atoms with van der Waals surface area (Å²) in [6, 6.07) is 18.2. The summed E-state index contributed by atoms with van der Waals surface area (Å²) in [5.41, 5.74) is 5.45. The number of nitrogens with zero attached hydrogens (tertiary/aromatic N) is 2. The molecule has 3 aromatic rings. The van der Waals surface area contributed by atoms with Crippen LogP contribution in [0.3, 0.4) is 0 Å². The summed E-state index contributed by atoms with van der Waals surface area (Å²) in [5, 5.41) is 4.37. The Morgan fingerprint density at radius 2 is 1.71 bits per heavy atom. The van der Waals surface area contributed by atoms with Gasteiger partial charge in [0.15, 0.2) is 0 Å². The van der Waals surface area contributed by atoms with Crippen molar-refractivity contribution in [2.75, 3.05) is 17.5 Å². The second-order valence-corrected chi connectivity index (χ2v) is 9.83. The lowest BCUT2D eigenvalue weighted by Crippen LogP contribution is -2.39. The van der Waals surface area contributed by atoms with E-state index in [4.69, 9.17) is 16.3 Å². The lowest BCUT2D eigenvalue weighted by molar-refractivity contribution is -0.119. The summed E-state index contributed by atoms with van der Waals surface area (Å²) in [5.74, 6) is 0.151. The Morgan fingerprint density at radius 3 is 2.32 bits per heavy atom. The van der Waals surface area contributed by atoms with Crippen molar-refractivity contribution < 1.29 is 17.9 Å². The number of sulfonamides is 1. The Kier molecular flexibility index (Phi) is 8.31. The average molecular weight is 500 g/mol. The molecule has 3 rings (SSSR count). The minimum Gasteiger partial charge on any atom is -0.494 e. The molecule has 0 spiro atoms. The van der Waals surface area contributed by atoms with E-state index in [-0.39, 0.29) is 4.90 Å². The lowest BCUT2D eigenvalue weighted by Gasteiger charge is -2.24. The number of carbonyl (C=O) groups excluding carboxylic acids is 1. The van der Waals surface area contributed by atoms with Crippen LogP contribution in [-0.4, -0.2) is 33.7 Å². The minimum atomic E-state index is -4.03. The molecule has 0 heterocycles. The Bertz CT molecular complexity index is 1270. The van der Waals surface area contributed by atoms with Crippen LogP contribution >= 0.6 is 11.6 Å². The van der Waals surface area contributed by atoms with Crippen molar-refractivity contribution in [1.29, 1.82) is 0 Å². The fourth-order valence-corrected chi connectivity index (χ4v) is 4.63. The smallest absolute Gasteiger partial charge is 0.264 e. The highest BCUT2D eigenvalue weighted by molar-refractivity contribution is 7.92. The van der Waals surface area contributed by atoms with Crippen LogP contribution < -0.4 is 14.5 Å². The van der Waals surface area contributed by atoms with Gasteiger partial charge in [0.1, 0.15) is 12.3 Å². The second kappa shape index (κ2) is 11.2. The van der Waals surface area contributed by atoms with Gasteiger partial charge in [-0.3, -0.25) is 9.10 Å². The summed E-state index contributed by atoms with van der Waals surface area (Å²) >= 11 is 5.92. The molecule has 1 N–H and O–H groups in total. The Morgan fingerprint density at radius 1 is 1.03 bits per heavy atom. The van der Waals surface area contributed by atoms with E-state index in [1.54, 1.807) is 36.4 Å². The lowest BCUT2D eigenvalue weighted by atomic mass is 10.1. The number of nitrogens with one attached hydrogen (secondary N) is 1. The molecule has 0 saturated heterocycles. The molecule has 34 heavy (non-hydrogen) atoms. The molecule has 0 fully saturated rings. The van der Waals surface area contributed by atoms with Gasteiger partial charge in [-0.2, -0.15) is 5.10 Å². The van der Waals surface area contributed by atoms with Gasteiger partial charge in [-0.1, -0.05) is 17.7 Å². The predicted molar refractivity (Wildman–Crippen MR) is 135 cm³/mol. The van der Waals surface area contributed by atoms with Gasteiger partial charge in [0.05, 0.1) is 23.4 Å². The van der Waals surface area contributed by atoms with E-state index in [1.165, 1.54) is 30.5 Å². The number of hydrazone groups is 1. The zero-order valence-corrected chi connectivity index (χ0v) is 20.7. The highest BCUT2D eigenvalue weighted by atomic mass is 35.5. The molecule has 7 nitrogen and oxygen atoms in total. The number of halogens is 1. The van der Waals surface area contributed by atoms with E-state index in [9.17, 15) is 13.2 Å². The number of benzene rings is 3. The van der Waals surface area contributed by atoms with Gasteiger partial charge < -0.3 is 4.74 Å². The van der Waals surface area contributed by atoms with E-state index in [2.05, 4.69) is 10.5 Å². The summed E-state index contributed by atoms with van der Waals surface area (Å²) < 4.78 is 33.3. The number of carbonyl (C=O) groups is 1. The number of anilines is 1. The predicted octanol–water partition coefficient (Wildman–Crippen LogP) is 4.70. The molecule has 0 aromatic heterocycles. The van der Waals surface area contributed by atoms with Crippen molar-refractivity contribution in [2.24, 2.45) is 5.10 Å². The fraction of sp³-hybridized carbons (Fsp3) is 0.200. The maximum atomic E-state index is 13.4. The maximum absolute atomic E-state index is 13.4. The van der Waals surface area contributed by atoms with E-state index < -0.39 is 22.5 Å². The van der Waals surface area contributed by atoms with Crippen LogP contribution in [0.1, 0.15) is 23.6 Å². The molecule has 0 atom stereocenters. The molecule has 178 valence electrons. The van der Waals surface area contributed by atoms with Crippen molar-refractivity contribution in [3.8, 4) is 5.75 Å². The van der Waals surface area contributed by atoms with Crippen LogP contribution in [0.5, 0.6) is 5.75 Å². The maximum Gasteiger partial charge on any atom is 0.264 e. The van der Waals surface area contributed by atoms with Crippen LogP contribution in [0.25, 0.3) is 0 Å². The summed E-state index contributed by atoms with van der Waals surface area (Å²) in [4.78, 5) is 12.7. The number of hydrogen-bond acceptors (Lipinski definition) is 5. The number of ether oxygens (including phenoxy) is 1. The van der Waals surface area contributed by atoms with Crippen molar-refractivity contribution in [2.45, 2.75) is 25.7 Å². The fourth-order valence-electron chi connectivity index (χ4n) is 3.09. The van der Waals surface area contributed by atoms with Gasteiger partial charge in [-0.15, -0.1) is 0 Å². The first-order valence-electron chi connectivity index (χ1n) is 10.6. The molecular weight excluding hydrogens is 474 g/mol. The van der Waals surface area contributed by atoms with Crippen molar-refractivity contribution >= 4 is 39.4 Å². The van der Waals surface area contributed by atoms with Gasteiger partial charge in [-0.25, -0.2) is 13.8 Å². The summed E-state index contributed by atoms with van der Waals surface area (Å²) in [6.07, 6.45) is 1.47. The molecule has 1 amide bonds. The third-order valence-electron chi connectivity index (χ3n) is 5.06. The quantitative estimate of drug-likeness (QED) is 0.341. The summed E-state index contributed by atoms with van der Waals surface area (Å²) in [6.45, 7) is 5.83. The van der Waals surface area contributed by atoms with Crippen LogP contribution in [0.15, 0.2) is 76.7 Å². The number of hydrogen-bond donors (Lipinski definition) is 1. The second-order valence-electron chi connectivity index (χ2n) is 7.53. The minimum absolute atomic E-state index is 0.0285. The molecule has 9 heteroatoms. The molecule has 0 bridgehead atoms. The Labute approximate surface area is 205 Å². The first-order chi connectivity index (χ1) is 16.2. The van der Waals surface area contributed by atoms with Gasteiger partial charge in [0.25, 0.3) is 15.9 Å². The average Bonchev–Trinajstić information content (AvgIpc) is 2.81. The van der Waals surface area contributed by atoms with E-state index in [1.807, 2.05) is 26.8 Å². The molecule has 0 saturated carbocycles. The molecule has 3 aromatic carbocycles. The van der Waals surface area contributed by atoms with Gasteiger partial charge >= 0.3 is 0 Å². The van der Waals surface area contributed by atoms with E-state index in [0.29, 0.717) is 17.3 Å². The van der Waals surface area contributed by atoms with E-state index in [0.717, 1.165) is 26.7 Å². The van der Waals surface area contributed by atoms with E-state index >= 15 is 0 Å². The van der Waals surface area contributed by atoms with Crippen molar-refractivity contribution in [1.82, 2.24) is 5.43 Å². The number of rotatable bonds is 9. The highest BCUT2D eigenvalue weighted by Crippen LogP contribution is 2.26. The van der Waals surface area contributed by atoms with Gasteiger partial charge in [0.2, 0.25) is 0 Å². The van der Waals surface area contributed by atoms with Gasteiger partial charge in [0, 0.05) is 5.02 Å². The third kappa shape index (κ3) is 6.36. The monoisotopic (exact) mass is 499 g/mol.